The van der Waals surface area contributed by atoms with Gasteiger partial charge in [0, 0.05) is 24.2 Å². The fraction of sp³-hybridized carbons (Fsp3) is 0.733. The molecule has 0 saturated heterocycles. The largest absolute Gasteiger partial charge is 0.354 e. The van der Waals surface area contributed by atoms with Crippen molar-refractivity contribution in [3.63, 3.8) is 0 Å². The highest BCUT2D eigenvalue weighted by Crippen LogP contribution is 2.28. The first-order valence-corrected chi connectivity index (χ1v) is 8.69. The van der Waals surface area contributed by atoms with Crippen LogP contribution in [-0.4, -0.2) is 33.0 Å². The first-order valence-electron chi connectivity index (χ1n) is 7.64. The van der Waals surface area contributed by atoms with Crippen LogP contribution in [0.1, 0.15) is 51.5 Å². The molecule has 4 nitrogen and oxygen atoms in total. The van der Waals surface area contributed by atoms with Crippen molar-refractivity contribution in [1.29, 1.82) is 0 Å². The summed E-state index contributed by atoms with van der Waals surface area (Å²) in [5.41, 5.74) is 0. The molecule has 0 aliphatic heterocycles. The van der Waals surface area contributed by atoms with Crippen LogP contribution >= 0.6 is 11.8 Å². The number of hydrogen-bond donors (Lipinski definition) is 1. The maximum atomic E-state index is 11.9. The fourth-order valence-electron chi connectivity index (χ4n) is 2.55. The zero-order valence-electron chi connectivity index (χ0n) is 12.3. The molecule has 0 spiro atoms. The molecule has 1 aromatic heterocycles. The van der Waals surface area contributed by atoms with E-state index in [1.54, 1.807) is 12.5 Å². The van der Waals surface area contributed by atoms with Crippen molar-refractivity contribution in [3.8, 4) is 0 Å². The SMILES string of the molecule is C[C@@H](C(=O)NCCCSC1CCCCC1)n1ccnc1. The summed E-state index contributed by atoms with van der Waals surface area (Å²) in [7, 11) is 0. The second-order valence-corrected chi connectivity index (χ2v) is 6.87. The minimum atomic E-state index is -0.177. The van der Waals surface area contributed by atoms with Crippen LogP contribution in [0.2, 0.25) is 0 Å². The first kappa shape index (κ1) is 15.4. The van der Waals surface area contributed by atoms with Gasteiger partial charge in [-0.15, -0.1) is 0 Å². The number of thioether (sulfide) groups is 1. The van der Waals surface area contributed by atoms with Gasteiger partial charge in [-0.3, -0.25) is 4.79 Å². The molecule has 1 aliphatic rings. The van der Waals surface area contributed by atoms with Gasteiger partial charge in [-0.25, -0.2) is 4.98 Å². The van der Waals surface area contributed by atoms with E-state index in [0.717, 1.165) is 24.0 Å². The zero-order valence-corrected chi connectivity index (χ0v) is 13.1. The van der Waals surface area contributed by atoms with Crippen LogP contribution in [-0.2, 0) is 4.79 Å². The van der Waals surface area contributed by atoms with Gasteiger partial charge < -0.3 is 9.88 Å². The predicted molar refractivity (Wildman–Crippen MR) is 83.9 cm³/mol. The van der Waals surface area contributed by atoms with E-state index in [9.17, 15) is 4.79 Å². The van der Waals surface area contributed by atoms with Crippen molar-refractivity contribution in [2.24, 2.45) is 0 Å². The standard InChI is InChI=1S/C15H25N3OS/c1-13(18-10-9-16-12-18)15(19)17-8-5-11-20-14-6-3-2-4-7-14/h9-10,12-14H,2-8,11H2,1H3,(H,17,19)/t13-/m0/s1. The van der Waals surface area contributed by atoms with E-state index < -0.39 is 0 Å². The molecular formula is C15H25N3OS. The van der Waals surface area contributed by atoms with Gasteiger partial charge in [-0.2, -0.15) is 11.8 Å². The first-order chi connectivity index (χ1) is 9.77. The van der Waals surface area contributed by atoms with Gasteiger partial charge in [-0.05, 0) is 31.9 Å². The van der Waals surface area contributed by atoms with Crippen LogP contribution in [0.15, 0.2) is 18.7 Å². The minimum absolute atomic E-state index is 0.0747. The van der Waals surface area contributed by atoms with Crippen LogP contribution in [0.3, 0.4) is 0 Å². The Morgan fingerprint density at radius 1 is 1.45 bits per heavy atom. The van der Waals surface area contributed by atoms with Gasteiger partial charge in [0.2, 0.25) is 5.91 Å². The lowest BCUT2D eigenvalue weighted by molar-refractivity contribution is -0.123. The third-order valence-corrected chi connectivity index (χ3v) is 5.34. The summed E-state index contributed by atoms with van der Waals surface area (Å²) >= 11 is 2.09. The van der Waals surface area contributed by atoms with E-state index in [4.69, 9.17) is 0 Å². The van der Waals surface area contributed by atoms with Gasteiger partial charge in [0.25, 0.3) is 0 Å². The van der Waals surface area contributed by atoms with Crippen LogP contribution < -0.4 is 5.32 Å². The van der Waals surface area contributed by atoms with Gasteiger partial charge in [-0.1, -0.05) is 19.3 Å². The summed E-state index contributed by atoms with van der Waals surface area (Å²) in [6.07, 6.45) is 13.2. The van der Waals surface area contributed by atoms with Crippen molar-refractivity contribution >= 4 is 17.7 Å². The highest BCUT2D eigenvalue weighted by molar-refractivity contribution is 7.99. The van der Waals surface area contributed by atoms with E-state index in [1.165, 1.54) is 32.1 Å². The molecular weight excluding hydrogens is 270 g/mol. The summed E-state index contributed by atoms with van der Waals surface area (Å²) in [6.45, 7) is 2.67. The number of aromatic nitrogens is 2. The topological polar surface area (TPSA) is 46.9 Å². The summed E-state index contributed by atoms with van der Waals surface area (Å²) < 4.78 is 1.83. The Morgan fingerprint density at radius 2 is 2.25 bits per heavy atom. The fourth-order valence-corrected chi connectivity index (χ4v) is 3.86. The molecule has 1 N–H and O–H groups in total. The summed E-state index contributed by atoms with van der Waals surface area (Å²) in [6, 6.07) is -0.177. The average Bonchev–Trinajstić information content (AvgIpc) is 3.01. The Labute approximate surface area is 125 Å². The molecule has 1 atom stereocenters. The molecule has 1 fully saturated rings. The lowest BCUT2D eigenvalue weighted by Crippen LogP contribution is -2.31. The molecule has 20 heavy (non-hydrogen) atoms. The zero-order chi connectivity index (χ0) is 14.2. The molecule has 0 aromatic carbocycles. The molecule has 0 unspecified atom stereocenters. The van der Waals surface area contributed by atoms with Crippen molar-refractivity contribution < 1.29 is 4.79 Å². The van der Waals surface area contributed by atoms with Crippen LogP contribution in [0, 0.1) is 0 Å². The normalized spacial score (nSPS) is 17.9. The van der Waals surface area contributed by atoms with E-state index >= 15 is 0 Å². The van der Waals surface area contributed by atoms with Crippen LogP contribution in [0.5, 0.6) is 0 Å². The summed E-state index contributed by atoms with van der Waals surface area (Å²) in [4.78, 5) is 15.9. The summed E-state index contributed by atoms with van der Waals surface area (Å²) in [5.74, 6) is 1.23. The summed E-state index contributed by atoms with van der Waals surface area (Å²) in [5, 5.41) is 3.87. The number of carbonyl (C=O) groups excluding carboxylic acids is 1. The van der Waals surface area contributed by atoms with Crippen molar-refractivity contribution in [2.75, 3.05) is 12.3 Å². The van der Waals surface area contributed by atoms with Crippen molar-refractivity contribution in [1.82, 2.24) is 14.9 Å². The highest BCUT2D eigenvalue weighted by Gasteiger charge is 2.14. The number of imidazole rings is 1. The number of amides is 1. The lowest BCUT2D eigenvalue weighted by Gasteiger charge is -2.21. The molecule has 1 amide bonds. The molecule has 1 aromatic rings. The second-order valence-electron chi connectivity index (χ2n) is 5.46. The van der Waals surface area contributed by atoms with Gasteiger partial charge in [0.05, 0.1) is 6.33 Å². The lowest BCUT2D eigenvalue weighted by atomic mass is 10.0. The molecule has 0 radical (unpaired) electrons. The number of nitrogens with zero attached hydrogens (tertiary/aromatic N) is 2. The Balaban J connectivity index is 1.55. The molecule has 112 valence electrons. The van der Waals surface area contributed by atoms with E-state index in [-0.39, 0.29) is 11.9 Å². The van der Waals surface area contributed by atoms with Crippen LogP contribution in [0.25, 0.3) is 0 Å². The van der Waals surface area contributed by atoms with E-state index in [2.05, 4.69) is 22.1 Å². The Morgan fingerprint density at radius 3 is 2.95 bits per heavy atom. The predicted octanol–water partition coefficient (Wildman–Crippen LogP) is 3.02. The van der Waals surface area contributed by atoms with Crippen LogP contribution in [0.4, 0.5) is 0 Å². The Bertz CT molecular complexity index is 388. The van der Waals surface area contributed by atoms with Crippen molar-refractivity contribution in [3.05, 3.63) is 18.7 Å². The quantitative estimate of drug-likeness (QED) is 0.787. The molecule has 1 saturated carbocycles. The third-order valence-electron chi connectivity index (χ3n) is 3.88. The number of nitrogens with one attached hydrogen (secondary N) is 1. The third kappa shape index (κ3) is 4.85. The molecule has 2 rings (SSSR count). The van der Waals surface area contributed by atoms with Crippen molar-refractivity contribution in [2.45, 2.75) is 56.7 Å². The number of rotatable bonds is 7. The number of hydrogen-bond acceptors (Lipinski definition) is 3. The van der Waals surface area contributed by atoms with E-state index in [1.807, 2.05) is 17.7 Å². The molecule has 1 heterocycles. The maximum Gasteiger partial charge on any atom is 0.242 e. The maximum absolute atomic E-state index is 11.9. The van der Waals surface area contributed by atoms with E-state index in [0.29, 0.717) is 0 Å². The smallest absolute Gasteiger partial charge is 0.242 e. The van der Waals surface area contributed by atoms with Gasteiger partial charge in [0.15, 0.2) is 0 Å². The van der Waals surface area contributed by atoms with Gasteiger partial charge in [0.1, 0.15) is 6.04 Å². The minimum Gasteiger partial charge on any atom is -0.354 e. The second kappa shape index (κ2) is 8.35. The Hall–Kier alpha value is -0.970. The molecule has 5 heteroatoms. The van der Waals surface area contributed by atoms with Gasteiger partial charge >= 0.3 is 0 Å². The monoisotopic (exact) mass is 295 g/mol. The highest BCUT2D eigenvalue weighted by atomic mass is 32.2. The molecule has 0 bridgehead atoms. The number of carbonyl (C=O) groups is 1. The average molecular weight is 295 g/mol. The Kier molecular flexibility index (Phi) is 6.43. The molecule has 1 aliphatic carbocycles.